The van der Waals surface area contributed by atoms with E-state index in [1.54, 1.807) is 0 Å². The zero-order chi connectivity index (χ0) is 15.0. The molecule has 2 aliphatic heterocycles. The Hall–Kier alpha value is -1.89. The lowest BCUT2D eigenvalue weighted by Gasteiger charge is -2.27. The smallest absolute Gasteiger partial charge is 0.356 e. The van der Waals surface area contributed by atoms with Gasteiger partial charge in [-0.2, -0.15) is 0 Å². The number of hydrogen-bond acceptors (Lipinski definition) is 4. The van der Waals surface area contributed by atoms with Crippen LogP contribution in [0.1, 0.15) is 47.2 Å². The highest BCUT2D eigenvalue weighted by atomic mass is 16.5. The molecule has 114 valence electrons. The molecule has 2 aliphatic rings. The summed E-state index contributed by atoms with van der Waals surface area (Å²) < 4.78 is 7.17. The molecule has 3 rings (SSSR count). The Morgan fingerprint density at radius 2 is 1.90 bits per heavy atom. The molecule has 0 saturated carbocycles. The van der Waals surface area contributed by atoms with Crippen molar-refractivity contribution in [2.75, 3.05) is 13.2 Å². The SMILES string of the molecule is O=C(O)c1nc(C2CCOCC2)n2c1CCC(C(=O)O)C2. The Balaban J connectivity index is 1.99. The number of carbonyl (C=O) groups is 2. The van der Waals surface area contributed by atoms with Crippen molar-refractivity contribution in [3.63, 3.8) is 0 Å². The molecule has 0 amide bonds. The summed E-state index contributed by atoms with van der Waals surface area (Å²) in [5.41, 5.74) is 0.752. The normalized spacial score (nSPS) is 22.8. The third-order valence-electron chi connectivity index (χ3n) is 4.37. The van der Waals surface area contributed by atoms with E-state index in [4.69, 9.17) is 4.74 Å². The zero-order valence-electron chi connectivity index (χ0n) is 11.6. The van der Waals surface area contributed by atoms with Gasteiger partial charge in [0, 0.05) is 25.7 Å². The van der Waals surface area contributed by atoms with Crippen molar-refractivity contribution in [2.24, 2.45) is 5.92 Å². The predicted octanol–water partition coefficient (Wildman–Crippen LogP) is 1.12. The van der Waals surface area contributed by atoms with E-state index in [0.29, 0.717) is 38.3 Å². The number of nitrogens with zero attached hydrogens (tertiary/aromatic N) is 2. The summed E-state index contributed by atoms with van der Waals surface area (Å²) in [6.07, 6.45) is 2.52. The van der Waals surface area contributed by atoms with Crippen molar-refractivity contribution in [1.29, 1.82) is 0 Å². The molecule has 0 aromatic carbocycles. The maximum atomic E-state index is 11.4. The van der Waals surface area contributed by atoms with Crippen LogP contribution in [-0.4, -0.2) is 44.9 Å². The molecule has 0 bridgehead atoms. The number of carboxylic acid groups (broad SMARTS) is 2. The highest BCUT2D eigenvalue weighted by Gasteiger charge is 2.33. The average Bonchev–Trinajstić information content (AvgIpc) is 2.87. The molecule has 7 nitrogen and oxygen atoms in total. The van der Waals surface area contributed by atoms with Crippen molar-refractivity contribution in [1.82, 2.24) is 9.55 Å². The summed E-state index contributed by atoms with van der Waals surface area (Å²) in [6, 6.07) is 0. The van der Waals surface area contributed by atoms with Gasteiger partial charge in [-0.05, 0) is 25.7 Å². The minimum atomic E-state index is -1.04. The van der Waals surface area contributed by atoms with Crippen LogP contribution >= 0.6 is 0 Å². The van der Waals surface area contributed by atoms with Crippen molar-refractivity contribution < 1.29 is 24.5 Å². The van der Waals surface area contributed by atoms with Gasteiger partial charge < -0.3 is 19.5 Å². The second-order valence-corrected chi connectivity index (χ2v) is 5.64. The molecule has 2 N–H and O–H groups in total. The molecule has 7 heteroatoms. The Morgan fingerprint density at radius 1 is 1.19 bits per heavy atom. The number of hydrogen-bond donors (Lipinski definition) is 2. The zero-order valence-corrected chi connectivity index (χ0v) is 11.6. The summed E-state index contributed by atoms with van der Waals surface area (Å²) in [7, 11) is 0. The molecule has 0 radical (unpaired) electrons. The van der Waals surface area contributed by atoms with E-state index in [9.17, 15) is 19.8 Å². The first-order valence-corrected chi connectivity index (χ1v) is 7.21. The first-order valence-electron chi connectivity index (χ1n) is 7.21. The number of rotatable bonds is 3. The molecule has 21 heavy (non-hydrogen) atoms. The minimum absolute atomic E-state index is 0.0836. The third kappa shape index (κ3) is 2.53. The van der Waals surface area contributed by atoms with Gasteiger partial charge >= 0.3 is 11.9 Å². The van der Waals surface area contributed by atoms with E-state index in [1.165, 1.54) is 0 Å². The quantitative estimate of drug-likeness (QED) is 0.866. The number of aromatic nitrogens is 2. The van der Waals surface area contributed by atoms with Gasteiger partial charge in [-0.15, -0.1) is 0 Å². The van der Waals surface area contributed by atoms with Crippen molar-refractivity contribution in [3.05, 3.63) is 17.2 Å². The number of imidazole rings is 1. The molecule has 1 unspecified atom stereocenters. The molecular weight excluding hydrogens is 276 g/mol. The maximum absolute atomic E-state index is 11.4. The first kappa shape index (κ1) is 14.1. The van der Waals surface area contributed by atoms with Crippen LogP contribution in [0.5, 0.6) is 0 Å². The molecule has 3 heterocycles. The van der Waals surface area contributed by atoms with E-state index < -0.39 is 17.9 Å². The van der Waals surface area contributed by atoms with Crippen LogP contribution in [0.2, 0.25) is 0 Å². The molecule has 1 fully saturated rings. The van der Waals surface area contributed by atoms with E-state index in [0.717, 1.165) is 18.7 Å². The van der Waals surface area contributed by atoms with Crippen LogP contribution in [0.4, 0.5) is 0 Å². The molecule has 0 aliphatic carbocycles. The predicted molar refractivity (Wildman–Crippen MR) is 71.4 cm³/mol. The topological polar surface area (TPSA) is 102 Å². The third-order valence-corrected chi connectivity index (χ3v) is 4.37. The molecule has 1 saturated heterocycles. The number of carboxylic acids is 2. The number of ether oxygens (including phenoxy) is 1. The van der Waals surface area contributed by atoms with E-state index in [-0.39, 0.29) is 11.6 Å². The largest absolute Gasteiger partial charge is 0.481 e. The fraction of sp³-hybridized carbons (Fsp3) is 0.643. The standard InChI is InChI=1S/C14H18N2O5/c17-13(18)9-1-2-10-11(14(19)20)15-12(16(10)7-9)8-3-5-21-6-4-8/h8-9H,1-7H2,(H,17,18)(H,19,20). The summed E-state index contributed by atoms with van der Waals surface area (Å²) >= 11 is 0. The second kappa shape index (κ2) is 5.48. The van der Waals surface area contributed by atoms with Gasteiger partial charge in [0.15, 0.2) is 5.69 Å². The van der Waals surface area contributed by atoms with Gasteiger partial charge in [0.1, 0.15) is 5.82 Å². The Morgan fingerprint density at radius 3 is 2.52 bits per heavy atom. The number of fused-ring (bicyclic) bond motifs is 1. The van der Waals surface area contributed by atoms with Crippen LogP contribution in [0.3, 0.4) is 0 Å². The molecule has 0 spiro atoms. The van der Waals surface area contributed by atoms with Gasteiger partial charge in [0.25, 0.3) is 0 Å². The van der Waals surface area contributed by atoms with Crippen molar-refractivity contribution in [2.45, 2.75) is 38.1 Å². The Labute approximate surface area is 121 Å². The summed E-state index contributed by atoms with van der Waals surface area (Å²) in [5, 5.41) is 18.5. The van der Waals surface area contributed by atoms with Gasteiger partial charge in [0.05, 0.1) is 11.6 Å². The Kier molecular flexibility index (Phi) is 3.67. The number of aliphatic carboxylic acids is 1. The average molecular weight is 294 g/mol. The van der Waals surface area contributed by atoms with Crippen molar-refractivity contribution >= 4 is 11.9 Å². The minimum Gasteiger partial charge on any atom is -0.481 e. The van der Waals surface area contributed by atoms with Crippen LogP contribution < -0.4 is 0 Å². The number of aromatic carboxylic acids is 1. The van der Waals surface area contributed by atoms with Crippen LogP contribution in [0.15, 0.2) is 0 Å². The van der Waals surface area contributed by atoms with Crippen LogP contribution in [-0.2, 0) is 22.5 Å². The van der Waals surface area contributed by atoms with Gasteiger partial charge in [-0.3, -0.25) is 4.79 Å². The summed E-state index contributed by atoms with van der Waals surface area (Å²) in [5.74, 6) is -1.46. The lowest BCUT2D eigenvalue weighted by molar-refractivity contribution is -0.142. The fourth-order valence-electron chi connectivity index (χ4n) is 3.23. The first-order chi connectivity index (χ1) is 10.1. The van der Waals surface area contributed by atoms with Crippen LogP contribution in [0, 0.1) is 5.92 Å². The van der Waals surface area contributed by atoms with E-state index in [2.05, 4.69) is 4.98 Å². The molecule has 1 aromatic rings. The lowest BCUT2D eigenvalue weighted by Crippen LogP contribution is -2.29. The van der Waals surface area contributed by atoms with Gasteiger partial charge in [-0.25, -0.2) is 9.78 Å². The monoisotopic (exact) mass is 294 g/mol. The van der Waals surface area contributed by atoms with E-state index >= 15 is 0 Å². The summed E-state index contributed by atoms with van der Waals surface area (Å²) in [6.45, 7) is 1.59. The molecular formula is C14H18N2O5. The molecule has 1 aromatic heterocycles. The van der Waals surface area contributed by atoms with Gasteiger partial charge in [-0.1, -0.05) is 0 Å². The fourth-order valence-corrected chi connectivity index (χ4v) is 3.23. The maximum Gasteiger partial charge on any atom is 0.356 e. The molecule has 1 atom stereocenters. The van der Waals surface area contributed by atoms with Crippen molar-refractivity contribution in [3.8, 4) is 0 Å². The second-order valence-electron chi connectivity index (χ2n) is 5.64. The van der Waals surface area contributed by atoms with Crippen LogP contribution in [0.25, 0.3) is 0 Å². The van der Waals surface area contributed by atoms with Gasteiger partial charge in [0.2, 0.25) is 0 Å². The van der Waals surface area contributed by atoms with E-state index in [1.807, 2.05) is 4.57 Å². The highest BCUT2D eigenvalue weighted by molar-refractivity contribution is 5.87. The summed E-state index contributed by atoms with van der Waals surface area (Å²) in [4.78, 5) is 26.9. The Bertz CT molecular complexity index is 574. The lowest BCUT2D eigenvalue weighted by atomic mass is 9.95. The highest BCUT2D eigenvalue weighted by Crippen LogP contribution is 2.32.